The Labute approximate surface area is 238 Å². The second-order valence-corrected chi connectivity index (χ2v) is 10.3. The Balaban J connectivity index is 1.25. The predicted octanol–water partition coefficient (Wildman–Crippen LogP) is 2.34. The lowest BCUT2D eigenvalue weighted by Gasteiger charge is -2.32. The number of hydrogen-bond acceptors (Lipinski definition) is 8. The highest BCUT2D eigenvalue weighted by Gasteiger charge is 2.44. The molecule has 3 aliphatic rings. The maximum absolute atomic E-state index is 13.5. The number of para-hydroxylation sites is 1. The first kappa shape index (κ1) is 28.5. The third-order valence-corrected chi connectivity index (χ3v) is 7.52. The van der Waals surface area contributed by atoms with E-state index in [0.29, 0.717) is 36.9 Å². The van der Waals surface area contributed by atoms with Gasteiger partial charge >= 0.3 is 5.97 Å². The first-order valence-electron chi connectivity index (χ1n) is 13.8. The molecule has 1 aliphatic carbocycles. The molecule has 41 heavy (non-hydrogen) atoms. The van der Waals surface area contributed by atoms with E-state index in [1.54, 1.807) is 41.3 Å². The van der Waals surface area contributed by atoms with Crippen molar-refractivity contribution in [3.05, 3.63) is 82.9 Å². The van der Waals surface area contributed by atoms with Crippen molar-refractivity contribution >= 4 is 23.9 Å². The Bertz CT molecular complexity index is 1340. The Morgan fingerprint density at radius 2 is 1.98 bits per heavy atom. The van der Waals surface area contributed by atoms with Gasteiger partial charge in [-0.05, 0) is 54.7 Å². The summed E-state index contributed by atoms with van der Waals surface area (Å²) < 4.78 is 17.2. The van der Waals surface area contributed by atoms with Crippen LogP contribution in [0.2, 0.25) is 0 Å². The van der Waals surface area contributed by atoms with E-state index < -0.39 is 30.3 Å². The van der Waals surface area contributed by atoms with E-state index in [2.05, 4.69) is 5.32 Å². The van der Waals surface area contributed by atoms with Gasteiger partial charge in [-0.3, -0.25) is 9.59 Å². The van der Waals surface area contributed by atoms with Crippen LogP contribution in [0.4, 0.5) is 0 Å². The summed E-state index contributed by atoms with van der Waals surface area (Å²) in [5.41, 5.74) is 2.37. The molecular formula is C31H34N2O8. The summed E-state index contributed by atoms with van der Waals surface area (Å²) in [6, 6.07) is 13.5. The largest absolute Gasteiger partial charge is 0.508 e. The van der Waals surface area contributed by atoms with Gasteiger partial charge in [0.15, 0.2) is 0 Å². The maximum atomic E-state index is 13.5. The molecule has 4 atom stereocenters. The number of nitrogens with zero attached hydrogens (tertiary/aromatic N) is 1. The number of phenols is 1. The Morgan fingerprint density at radius 3 is 2.80 bits per heavy atom. The van der Waals surface area contributed by atoms with Crippen molar-refractivity contribution in [1.82, 2.24) is 10.2 Å². The number of carbonyl (C=O) groups excluding carboxylic acids is 3. The first-order chi connectivity index (χ1) is 19.9. The minimum Gasteiger partial charge on any atom is -0.508 e. The lowest BCUT2D eigenvalue weighted by molar-refractivity contribution is -0.136. The Morgan fingerprint density at radius 1 is 1.12 bits per heavy atom. The number of aromatic hydroxyl groups is 1. The van der Waals surface area contributed by atoms with E-state index in [9.17, 15) is 19.5 Å². The summed E-state index contributed by atoms with van der Waals surface area (Å²) in [5, 5.41) is 21.6. The van der Waals surface area contributed by atoms with Gasteiger partial charge in [0.1, 0.15) is 36.9 Å². The number of phenolic OH excluding ortho intramolecular Hbond substituents is 1. The molecule has 3 N–H and O–H groups in total. The van der Waals surface area contributed by atoms with Gasteiger partial charge in [-0.25, -0.2) is 4.79 Å². The molecule has 2 aromatic rings. The van der Waals surface area contributed by atoms with Gasteiger partial charge in [-0.15, -0.1) is 0 Å². The van der Waals surface area contributed by atoms with E-state index in [1.807, 2.05) is 30.4 Å². The molecule has 0 saturated carbocycles. The molecule has 2 amide bonds. The van der Waals surface area contributed by atoms with Crippen LogP contribution in [-0.4, -0.2) is 83.7 Å². The van der Waals surface area contributed by atoms with Gasteiger partial charge in [-0.2, -0.15) is 0 Å². The quantitative estimate of drug-likeness (QED) is 0.397. The van der Waals surface area contributed by atoms with Crippen LogP contribution in [0.1, 0.15) is 40.7 Å². The maximum Gasteiger partial charge on any atom is 0.338 e. The summed E-state index contributed by atoms with van der Waals surface area (Å²) in [4.78, 5) is 40.8. The fourth-order valence-corrected chi connectivity index (χ4v) is 5.46. The van der Waals surface area contributed by atoms with E-state index in [-0.39, 0.29) is 43.9 Å². The van der Waals surface area contributed by atoms with Crippen LogP contribution in [0, 0.1) is 0 Å². The van der Waals surface area contributed by atoms with Crippen LogP contribution in [0.15, 0.2) is 66.3 Å². The zero-order valence-corrected chi connectivity index (χ0v) is 22.6. The number of fused-ring (bicyclic) bond motifs is 1. The number of carbonyl (C=O) groups is 3. The number of amides is 2. The molecular weight excluding hydrogens is 528 g/mol. The van der Waals surface area contributed by atoms with Crippen molar-refractivity contribution in [3.63, 3.8) is 0 Å². The summed E-state index contributed by atoms with van der Waals surface area (Å²) in [7, 11) is 0. The standard InChI is InChI=1S/C31H34N2O8/c34-15-13-32-29(36)24-11-5-14-33(24)30(37)23-17-26-28(40-19-39-26)27(18-23)41-31(38)22-10-4-7-20(16-22)6-3-9-21-8-1-2-12-25(21)35/h1-4,6-8,10,12,16-17,24,26-28,34-35H,5,9,11,13-15,18-19H2,(H,32,36)/t24-,26-,27-,28-/m1/s1. The molecule has 0 aromatic heterocycles. The average Bonchev–Trinajstić information content (AvgIpc) is 3.67. The molecule has 2 aliphatic heterocycles. The lowest BCUT2D eigenvalue weighted by Crippen LogP contribution is -2.49. The van der Waals surface area contributed by atoms with Gasteiger partial charge < -0.3 is 34.6 Å². The fourth-order valence-electron chi connectivity index (χ4n) is 5.46. The molecule has 0 unspecified atom stereocenters. The van der Waals surface area contributed by atoms with E-state index in [1.165, 1.54) is 0 Å². The Hall–Kier alpha value is -3.99. The minimum absolute atomic E-state index is 0.0223. The van der Waals surface area contributed by atoms with Crippen LogP contribution < -0.4 is 5.32 Å². The van der Waals surface area contributed by atoms with E-state index in [4.69, 9.17) is 19.3 Å². The second-order valence-electron chi connectivity index (χ2n) is 10.3. The zero-order chi connectivity index (χ0) is 28.8. The highest BCUT2D eigenvalue weighted by molar-refractivity contribution is 5.98. The van der Waals surface area contributed by atoms with Crippen molar-refractivity contribution in [3.8, 4) is 5.75 Å². The van der Waals surface area contributed by atoms with Crippen molar-refractivity contribution in [2.45, 2.75) is 50.0 Å². The average molecular weight is 563 g/mol. The second kappa shape index (κ2) is 13.1. The number of nitrogens with one attached hydrogen (secondary N) is 1. The van der Waals surface area contributed by atoms with Crippen molar-refractivity contribution in [2.75, 3.05) is 26.5 Å². The summed E-state index contributed by atoms with van der Waals surface area (Å²) in [6.45, 7) is 0.408. The molecule has 10 nitrogen and oxygen atoms in total. The number of rotatable bonds is 9. The van der Waals surface area contributed by atoms with Gasteiger partial charge in [0, 0.05) is 25.1 Å². The molecule has 216 valence electrons. The fraction of sp³-hybridized carbons (Fsp3) is 0.387. The van der Waals surface area contributed by atoms with Gasteiger partial charge in [-0.1, -0.05) is 42.5 Å². The summed E-state index contributed by atoms with van der Waals surface area (Å²) in [6.07, 6.45) is 5.56. The molecule has 2 saturated heterocycles. The van der Waals surface area contributed by atoms with Crippen molar-refractivity contribution in [2.24, 2.45) is 0 Å². The number of esters is 1. The van der Waals surface area contributed by atoms with Crippen LogP contribution in [0.25, 0.3) is 6.08 Å². The monoisotopic (exact) mass is 562 g/mol. The summed E-state index contributed by atoms with van der Waals surface area (Å²) >= 11 is 0. The third kappa shape index (κ3) is 6.67. The predicted molar refractivity (Wildman–Crippen MR) is 149 cm³/mol. The number of aliphatic hydroxyl groups is 1. The molecule has 2 fully saturated rings. The van der Waals surface area contributed by atoms with E-state index in [0.717, 1.165) is 11.1 Å². The van der Waals surface area contributed by atoms with Crippen LogP contribution in [0.5, 0.6) is 5.75 Å². The topological polar surface area (TPSA) is 135 Å². The number of likely N-dealkylation sites (tertiary alicyclic amines) is 1. The minimum atomic E-state index is -0.747. The molecule has 0 bridgehead atoms. The molecule has 10 heteroatoms. The van der Waals surface area contributed by atoms with Gasteiger partial charge in [0.25, 0.3) is 0 Å². The van der Waals surface area contributed by atoms with Crippen LogP contribution in [0.3, 0.4) is 0 Å². The van der Waals surface area contributed by atoms with Crippen molar-refractivity contribution in [1.29, 1.82) is 0 Å². The van der Waals surface area contributed by atoms with Crippen LogP contribution in [-0.2, 0) is 30.2 Å². The van der Waals surface area contributed by atoms with Crippen LogP contribution >= 0.6 is 0 Å². The smallest absolute Gasteiger partial charge is 0.338 e. The summed E-state index contributed by atoms with van der Waals surface area (Å²) in [5.74, 6) is -0.901. The molecule has 0 radical (unpaired) electrons. The highest BCUT2D eigenvalue weighted by atomic mass is 16.7. The van der Waals surface area contributed by atoms with Gasteiger partial charge in [0.05, 0.1) is 12.2 Å². The number of hydrogen-bond donors (Lipinski definition) is 3. The zero-order valence-electron chi connectivity index (χ0n) is 22.6. The third-order valence-electron chi connectivity index (χ3n) is 7.52. The molecule has 2 heterocycles. The number of benzene rings is 2. The van der Waals surface area contributed by atoms with Crippen molar-refractivity contribution < 1.29 is 38.8 Å². The normalized spacial score (nSPS) is 23.7. The van der Waals surface area contributed by atoms with E-state index >= 15 is 0 Å². The number of allylic oxidation sites excluding steroid dienone is 1. The highest BCUT2D eigenvalue weighted by Crippen LogP contribution is 2.33. The number of aliphatic hydroxyl groups excluding tert-OH is 1. The Kier molecular flexibility index (Phi) is 9.13. The molecule has 0 spiro atoms. The molecule has 2 aromatic carbocycles. The first-order valence-corrected chi connectivity index (χ1v) is 13.8. The molecule has 5 rings (SSSR count). The van der Waals surface area contributed by atoms with Gasteiger partial charge in [0.2, 0.25) is 11.8 Å². The number of ether oxygens (including phenoxy) is 3. The SMILES string of the molecule is O=C(O[C@@H]1CC(C(=O)N2CCC[C@@H]2C(=O)NCCO)=C[C@H]2OCO[C@H]21)c1cccc(C=CCc2ccccc2O)c1. The lowest BCUT2D eigenvalue weighted by atomic mass is 9.91.